The van der Waals surface area contributed by atoms with Gasteiger partial charge in [0.25, 0.3) is 0 Å². The first-order valence-corrected chi connectivity index (χ1v) is 12.9. The molecule has 13 heteroatoms. The quantitative estimate of drug-likeness (QED) is 0.362. The molecule has 0 fully saturated rings. The summed E-state index contributed by atoms with van der Waals surface area (Å²) in [6.07, 6.45) is 1.26. The highest BCUT2D eigenvalue weighted by Gasteiger charge is 2.32. The van der Waals surface area contributed by atoms with Gasteiger partial charge in [-0.2, -0.15) is 0 Å². The molecule has 0 unspecified atom stereocenters. The van der Waals surface area contributed by atoms with E-state index < -0.39 is 35.2 Å². The second-order valence-electron chi connectivity index (χ2n) is 11.5. The van der Waals surface area contributed by atoms with Crippen molar-refractivity contribution in [3.8, 4) is 17.0 Å². The largest absolute Gasteiger partial charge is 0.474 e. The number of amides is 4. The summed E-state index contributed by atoms with van der Waals surface area (Å²) in [6.45, 7) is 12.4. The van der Waals surface area contributed by atoms with Crippen molar-refractivity contribution in [1.29, 1.82) is 0 Å². The van der Waals surface area contributed by atoms with E-state index in [-0.39, 0.29) is 41.5 Å². The van der Waals surface area contributed by atoms with Gasteiger partial charge in [-0.15, -0.1) is 0 Å². The summed E-state index contributed by atoms with van der Waals surface area (Å²) in [5.74, 6) is -0.462. The minimum absolute atomic E-state index is 0.0577. The molecule has 0 spiro atoms. The van der Waals surface area contributed by atoms with Crippen molar-refractivity contribution in [2.45, 2.75) is 59.7 Å². The molecule has 0 atom stereocenters. The fourth-order valence-electron chi connectivity index (χ4n) is 4.30. The van der Waals surface area contributed by atoms with Gasteiger partial charge in [0.05, 0.1) is 12.2 Å². The number of fused-ring (bicyclic) bond motifs is 2. The topological polar surface area (TPSA) is 158 Å². The van der Waals surface area contributed by atoms with Crippen molar-refractivity contribution < 1.29 is 33.0 Å². The summed E-state index contributed by atoms with van der Waals surface area (Å²) in [6, 6.07) is 2.18. The van der Waals surface area contributed by atoms with Gasteiger partial charge >= 0.3 is 18.2 Å². The van der Waals surface area contributed by atoms with Crippen LogP contribution in [0, 0.1) is 12.7 Å². The first-order valence-electron chi connectivity index (χ1n) is 12.9. The molecule has 41 heavy (non-hydrogen) atoms. The zero-order valence-electron chi connectivity index (χ0n) is 24.0. The number of nitrogens with two attached hydrogens (primary N) is 1. The number of nitrogens with zero attached hydrogens (tertiary/aromatic N) is 3. The van der Waals surface area contributed by atoms with Crippen LogP contribution in [0.25, 0.3) is 21.9 Å². The van der Waals surface area contributed by atoms with Crippen LogP contribution in [0.4, 0.5) is 36.0 Å². The number of urea groups is 1. The van der Waals surface area contributed by atoms with Gasteiger partial charge in [0.2, 0.25) is 5.88 Å². The highest BCUT2D eigenvalue weighted by molar-refractivity contribution is 6.05. The van der Waals surface area contributed by atoms with E-state index in [9.17, 15) is 14.4 Å². The number of primary amides is 1. The Hall–Kier alpha value is -4.68. The molecule has 1 aliphatic heterocycles. The van der Waals surface area contributed by atoms with Crippen molar-refractivity contribution in [3.63, 3.8) is 0 Å². The fourth-order valence-corrected chi connectivity index (χ4v) is 4.30. The number of benzene rings is 1. The molecular weight excluding hydrogens is 535 g/mol. The molecule has 3 heterocycles. The highest BCUT2D eigenvalue weighted by atomic mass is 19.1. The normalized spacial score (nSPS) is 13.2. The number of halogens is 1. The first-order chi connectivity index (χ1) is 19.0. The van der Waals surface area contributed by atoms with E-state index in [1.807, 2.05) is 0 Å². The van der Waals surface area contributed by atoms with Gasteiger partial charge < -0.3 is 19.9 Å². The number of pyridine rings is 2. The molecule has 0 saturated heterocycles. The zero-order chi connectivity index (χ0) is 30.3. The lowest BCUT2D eigenvalue weighted by Gasteiger charge is -2.32. The van der Waals surface area contributed by atoms with Crippen LogP contribution in [-0.4, -0.2) is 52.5 Å². The Balaban J connectivity index is 1.90. The average Bonchev–Trinajstić information content (AvgIpc) is 2.83. The Morgan fingerprint density at radius 1 is 1.00 bits per heavy atom. The predicted octanol–water partition coefficient (Wildman–Crippen LogP) is 5.72. The van der Waals surface area contributed by atoms with E-state index in [1.165, 1.54) is 29.4 Å². The number of ether oxygens (including phenoxy) is 3. The number of anilines is 3. The third kappa shape index (κ3) is 6.56. The zero-order valence-corrected chi connectivity index (χ0v) is 24.0. The van der Waals surface area contributed by atoms with Crippen LogP contribution in [0.1, 0.15) is 47.1 Å². The minimum Gasteiger partial charge on any atom is -0.474 e. The van der Waals surface area contributed by atoms with Gasteiger partial charge in [0.15, 0.2) is 5.82 Å². The van der Waals surface area contributed by atoms with E-state index in [1.54, 1.807) is 48.5 Å². The molecule has 4 rings (SSSR count). The maximum atomic E-state index is 16.3. The average molecular weight is 569 g/mol. The molecule has 1 aliphatic rings. The molecule has 0 radical (unpaired) electrons. The highest BCUT2D eigenvalue weighted by Crippen LogP contribution is 2.42. The van der Waals surface area contributed by atoms with Crippen LogP contribution in [0.2, 0.25) is 0 Å². The predicted molar refractivity (Wildman–Crippen MR) is 152 cm³/mol. The van der Waals surface area contributed by atoms with Crippen molar-refractivity contribution in [2.75, 3.05) is 28.7 Å². The molecule has 4 amide bonds. The van der Waals surface area contributed by atoms with Crippen LogP contribution in [0.15, 0.2) is 24.5 Å². The van der Waals surface area contributed by atoms with Gasteiger partial charge in [0, 0.05) is 28.9 Å². The van der Waals surface area contributed by atoms with Crippen LogP contribution in [0.5, 0.6) is 5.88 Å². The number of aromatic nitrogens is 2. The molecular formula is C28H33FN6O6. The van der Waals surface area contributed by atoms with E-state index in [0.29, 0.717) is 22.2 Å². The summed E-state index contributed by atoms with van der Waals surface area (Å²) in [4.78, 5) is 47.1. The molecule has 4 N–H and O–H groups in total. The minimum atomic E-state index is -0.876. The molecule has 218 valence electrons. The van der Waals surface area contributed by atoms with Gasteiger partial charge in [0.1, 0.15) is 29.3 Å². The summed E-state index contributed by atoms with van der Waals surface area (Å²) in [5.41, 5.74) is 4.69. The van der Waals surface area contributed by atoms with Crippen LogP contribution < -0.4 is 26.0 Å². The van der Waals surface area contributed by atoms with Gasteiger partial charge in [-0.1, -0.05) is 0 Å². The first kappa shape index (κ1) is 29.3. The third-order valence-corrected chi connectivity index (χ3v) is 5.84. The smallest absolute Gasteiger partial charge is 0.415 e. The van der Waals surface area contributed by atoms with Crippen molar-refractivity contribution in [1.82, 2.24) is 9.97 Å². The molecule has 12 nitrogen and oxygen atoms in total. The van der Waals surface area contributed by atoms with Crippen molar-refractivity contribution >= 4 is 46.2 Å². The molecule has 0 aliphatic carbocycles. The number of carbonyl (C=O) groups excluding carboxylic acids is 3. The number of hydrogen-bond acceptors (Lipinski definition) is 8. The van der Waals surface area contributed by atoms with Gasteiger partial charge in [-0.3, -0.25) is 15.5 Å². The summed E-state index contributed by atoms with van der Waals surface area (Å²) < 4.78 is 33.0. The Morgan fingerprint density at radius 3 is 2.32 bits per heavy atom. The summed E-state index contributed by atoms with van der Waals surface area (Å²) >= 11 is 0. The number of hydrogen-bond donors (Lipinski definition) is 3. The second-order valence-corrected chi connectivity index (χ2v) is 11.5. The fraction of sp³-hybridized carbons (Fsp3) is 0.393. The van der Waals surface area contributed by atoms with Crippen molar-refractivity contribution in [2.24, 2.45) is 5.73 Å². The van der Waals surface area contributed by atoms with E-state index in [0.717, 1.165) is 0 Å². The molecule has 0 bridgehead atoms. The van der Waals surface area contributed by atoms with E-state index in [4.69, 9.17) is 19.9 Å². The number of carbonyl (C=O) groups is 3. The molecule has 1 aromatic carbocycles. The summed E-state index contributed by atoms with van der Waals surface area (Å²) in [5, 5.41) is 5.55. The monoisotopic (exact) mass is 568 g/mol. The Labute approximate surface area is 236 Å². The number of nitrogens with one attached hydrogen (secondary N) is 2. The van der Waals surface area contributed by atoms with Crippen LogP contribution in [-0.2, 0) is 9.47 Å². The lowest BCUT2D eigenvalue weighted by atomic mass is 9.96. The Bertz CT molecular complexity index is 1550. The maximum absolute atomic E-state index is 16.3. The van der Waals surface area contributed by atoms with Gasteiger partial charge in [-0.05, 0) is 71.5 Å². The van der Waals surface area contributed by atoms with E-state index in [2.05, 4.69) is 20.6 Å². The standard InChI is InChI=1S/C28H33FN6O6/c1-14-17(12-32-23-22(14)35(8-9-39-23)26(38)41-28(5,6)7)16-10-15-11-19(33-24(30)36)31-13-18(15)21(20(16)29)34-25(37)40-27(2,3)4/h10-13H,8-9H2,1-7H3,(H,34,37)(H3,30,31,33,36). The summed E-state index contributed by atoms with van der Waals surface area (Å²) in [7, 11) is 0. The van der Waals surface area contributed by atoms with Gasteiger partial charge in [-0.25, -0.2) is 28.7 Å². The SMILES string of the molecule is Cc1c(-c2cc3cc(NC(N)=O)ncc3c(NC(=O)OC(C)(C)C)c2F)cnc2c1N(C(=O)OC(C)(C)C)CCO2. The van der Waals surface area contributed by atoms with Crippen LogP contribution >= 0.6 is 0 Å². The van der Waals surface area contributed by atoms with Crippen molar-refractivity contribution in [3.05, 3.63) is 35.9 Å². The van der Waals surface area contributed by atoms with Crippen LogP contribution in [0.3, 0.4) is 0 Å². The molecule has 3 aromatic rings. The number of rotatable bonds is 3. The molecule has 2 aromatic heterocycles. The third-order valence-electron chi connectivity index (χ3n) is 5.84. The maximum Gasteiger partial charge on any atom is 0.415 e. The van der Waals surface area contributed by atoms with E-state index >= 15 is 4.39 Å². The second kappa shape index (κ2) is 10.7. The lowest BCUT2D eigenvalue weighted by molar-refractivity contribution is 0.0565. The Morgan fingerprint density at radius 2 is 1.68 bits per heavy atom. The molecule has 0 saturated carbocycles. The Kier molecular flexibility index (Phi) is 7.66. The lowest BCUT2D eigenvalue weighted by Crippen LogP contribution is -2.42.